The van der Waals surface area contributed by atoms with E-state index in [1.807, 2.05) is 17.5 Å². The van der Waals surface area contributed by atoms with E-state index in [-0.39, 0.29) is 0 Å². The number of unbranched alkanes of at least 4 members (excludes halogenated alkanes) is 5. The third-order valence-corrected chi connectivity index (χ3v) is 4.50. The zero-order chi connectivity index (χ0) is 13.5. The highest BCUT2D eigenvalue weighted by molar-refractivity contribution is 7.17. The zero-order valence-electron chi connectivity index (χ0n) is 11.7. The number of carbonyl (C=O) groups is 1. The van der Waals surface area contributed by atoms with E-state index in [1.54, 1.807) is 11.3 Å². The van der Waals surface area contributed by atoms with Gasteiger partial charge in [0, 0.05) is 27.5 Å². The number of benzene rings is 1. The van der Waals surface area contributed by atoms with Crippen molar-refractivity contribution in [2.75, 3.05) is 0 Å². The Hall–Kier alpha value is -1.15. The first-order chi connectivity index (χ1) is 9.33. The standard InChI is InChI=1S/C17H22OS/c1-2-3-4-5-6-7-11-16(18)15-13-19-17-12-9-8-10-14(15)17/h8-10,12-13H,2-7,11H2,1H3. The number of Topliss-reactive ketones (excluding diaryl/α,β-unsaturated/α-hetero) is 1. The molecule has 0 spiro atoms. The predicted octanol–water partition coefficient (Wildman–Crippen LogP) is 5.83. The lowest BCUT2D eigenvalue weighted by atomic mass is 10.0. The monoisotopic (exact) mass is 274 g/mol. The first-order valence-electron chi connectivity index (χ1n) is 7.32. The van der Waals surface area contributed by atoms with Gasteiger partial charge in [0.2, 0.25) is 0 Å². The van der Waals surface area contributed by atoms with Crippen molar-refractivity contribution in [2.45, 2.75) is 51.9 Å². The molecule has 0 saturated heterocycles. The van der Waals surface area contributed by atoms with Crippen LogP contribution < -0.4 is 0 Å². The summed E-state index contributed by atoms with van der Waals surface area (Å²) in [5.74, 6) is 0.313. The molecule has 1 nitrogen and oxygen atoms in total. The number of thiophene rings is 1. The van der Waals surface area contributed by atoms with E-state index < -0.39 is 0 Å². The summed E-state index contributed by atoms with van der Waals surface area (Å²) in [7, 11) is 0. The van der Waals surface area contributed by atoms with Crippen molar-refractivity contribution >= 4 is 27.2 Å². The Morgan fingerprint density at radius 3 is 2.63 bits per heavy atom. The molecule has 0 N–H and O–H groups in total. The molecule has 2 heteroatoms. The highest BCUT2D eigenvalue weighted by Gasteiger charge is 2.11. The Balaban J connectivity index is 1.83. The Morgan fingerprint density at radius 2 is 1.79 bits per heavy atom. The molecule has 19 heavy (non-hydrogen) atoms. The molecule has 0 bridgehead atoms. The third kappa shape index (κ3) is 3.90. The van der Waals surface area contributed by atoms with E-state index in [1.165, 1.54) is 36.8 Å². The van der Waals surface area contributed by atoms with Crippen molar-refractivity contribution < 1.29 is 4.79 Å². The molecule has 0 saturated carbocycles. The van der Waals surface area contributed by atoms with Gasteiger partial charge in [-0.2, -0.15) is 0 Å². The predicted molar refractivity (Wildman–Crippen MR) is 84.1 cm³/mol. The SMILES string of the molecule is CCCCCCCCC(=O)c1csc2ccccc12. The quantitative estimate of drug-likeness (QED) is 0.437. The third-order valence-electron chi connectivity index (χ3n) is 3.54. The van der Waals surface area contributed by atoms with E-state index in [2.05, 4.69) is 19.1 Å². The van der Waals surface area contributed by atoms with Gasteiger partial charge in [-0.1, -0.05) is 57.2 Å². The van der Waals surface area contributed by atoms with E-state index in [0.717, 1.165) is 17.4 Å². The van der Waals surface area contributed by atoms with Gasteiger partial charge in [-0.05, 0) is 12.5 Å². The Kier molecular flexibility index (Phi) is 5.59. The van der Waals surface area contributed by atoms with Crippen LogP contribution in [0.15, 0.2) is 29.6 Å². The second-order valence-electron chi connectivity index (χ2n) is 5.09. The Morgan fingerprint density at radius 1 is 1.05 bits per heavy atom. The molecule has 2 rings (SSSR count). The summed E-state index contributed by atoms with van der Waals surface area (Å²) in [6.45, 7) is 2.23. The van der Waals surface area contributed by atoms with Gasteiger partial charge < -0.3 is 0 Å². The van der Waals surface area contributed by atoms with Crippen LogP contribution in [-0.2, 0) is 0 Å². The van der Waals surface area contributed by atoms with E-state index in [4.69, 9.17) is 0 Å². The number of rotatable bonds is 8. The molecule has 0 aliphatic heterocycles. The molecule has 0 atom stereocenters. The number of ketones is 1. The average molecular weight is 274 g/mol. The van der Waals surface area contributed by atoms with Crippen LogP contribution in [0, 0.1) is 0 Å². The van der Waals surface area contributed by atoms with Gasteiger partial charge in [-0.25, -0.2) is 0 Å². The van der Waals surface area contributed by atoms with Gasteiger partial charge in [0.05, 0.1) is 0 Å². The Labute approximate surface area is 119 Å². The largest absolute Gasteiger partial charge is 0.294 e. The second kappa shape index (κ2) is 7.44. The number of hydrogen-bond donors (Lipinski definition) is 0. The molecule has 0 amide bonds. The van der Waals surface area contributed by atoms with Crippen molar-refractivity contribution in [3.8, 4) is 0 Å². The van der Waals surface area contributed by atoms with Crippen LogP contribution >= 0.6 is 11.3 Å². The summed E-state index contributed by atoms with van der Waals surface area (Å²) >= 11 is 1.67. The van der Waals surface area contributed by atoms with Gasteiger partial charge in [-0.3, -0.25) is 4.79 Å². The molecule has 102 valence electrons. The van der Waals surface area contributed by atoms with Gasteiger partial charge in [0.1, 0.15) is 0 Å². The molecular formula is C17H22OS. The van der Waals surface area contributed by atoms with Crippen LogP contribution in [0.25, 0.3) is 10.1 Å². The highest BCUT2D eigenvalue weighted by Crippen LogP contribution is 2.27. The molecule has 1 aromatic heterocycles. The summed E-state index contributed by atoms with van der Waals surface area (Å²) in [6, 6.07) is 8.18. The summed E-state index contributed by atoms with van der Waals surface area (Å²) in [6.07, 6.45) is 8.11. The van der Waals surface area contributed by atoms with Crippen molar-refractivity contribution in [3.05, 3.63) is 35.2 Å². The summed E-state index contributed by atoms with van der Waals surface area (Å²) in [5.41, 5.74) is 0.925. The van der Waals surface area contributed by atoms with E-state index in [0.29, 0.717) is 12.2 Å². The van der Waals surface area contributed by atoms with Crippen molar-refractivity contribution in [2.24, 2.45) is 0 Å². The van der Waals surface area contributed by atoms with Gasteiger partial charge >= 0.3 is 0 Å². The molecule has 0 aliphatic carbocycles. The topological polar surface area (TPSA) is 17.1 Å². The maximum absolute atomic E-state index is 12.2. The first kappa shape index (κ1) is 14.3. The minimum atomic E-state index is 0.313. The fourth-order valence-corrected chi connectivity index (χ4v) is 3.36. The normalized spacial score (nSPS) is 11.0. The number of fused-ring (bicyclic) bond motifs is 1. The highest BCUT2D eigenvalue weighted by atomic mass is 32.1. The smallest absolute Gasteiger partial charge is 0.164 e. The minimum Gasteiger partial charge on any atom is -0.294 e. The van der Waals surface area contributed by atoms with Gasteiger partial charge in [0.15, 0.2) is 5.78 Å². The Bertz CT molecular complexity index is 527. The molecule has 0 radical (unpaired) electrons. The zero-order valence-corrected chi connectivity index (χ0v) is 12.5. The average Bonchev–Trinajstić information content (AvgIpc) is 2.86. The summed E-state index contributed by atoms with van der Waals surface area (Å²) in [5, 5.41) is 3.15. The lowest BCUT2D eigenvalue weighted by Crippen LogP contribution is -1.97. The molecule has 1 heterocycles. The van der Waals surface area contributed by atoms with Gasteiger partial charge in [0.25, 0.3) is 0 Å². The van der Waals surface area contributed by atoms with Crippen molar-refractivity contribution in [3.63, 3.8) is 0 Å². The van der Waals surface area contributed by atoms with E-state index in [9.17, 15) is 4.79 Å². The van der Waals surface area contributed by atoms with Crippen LogP contribution in [0.2, 0.25) is 0 Å². The first-order valence-corrected chi connectivity index (χ1v) is 8.20. The second-order valence-corrected chi connectivity index (χ2v) is 6.00. The summed E-state index contributed by atoms with van der Waals surface area (Å²) < 4.78 is 1.22. The van der Waals surface area contributed by atoms with E-state index >= 15 is 0 Å². The van der Waals surface area contributed by atoms with Crippen LogP contribution in [-0.4, -0.2) is 5.78 Å². The molecule has 0 fully saturated rings. The van der Waals surface area contributed by atoms with Crippen LogP contribution in [0.3, 0.4) is 0 Å². The maximum Gasteiger partial charge on any atom is 0.164 e. The molecular weight excluding hydrogens is 252 g/mol. The lowest BCUT2D eigenvalue weighted by Gasteiger charge is -2.01. The van der Waals surface area contributed by atoms with Crippen LogP contribution in [0.4, 0.5) is 0 Å². The molecule has 1 aromatic carbocycles. The van der Waals surface area contributed by atoms with Crippen molar-refractivity contribution in [1.29, 1.82) is 0 Å². The van der Waals surface area contributed by atoms with Gasteiger partial charge in [-0.15, -0.1) is 11.3 Å². The maximum atomic E-state index is 12.2. The summed E-state index contributed by atoms with van der Waals surface area (Å²) in [4.78, 5) is 12.2. The minimum absolute atomic E-state index is 0.313. The molecule has 0 aliphatic rings. The van der Waals surface area contributed by atoms with Crippen molar-refractivity contribution in [1.82, 2.24) is 0 Å². The van der Waals surface area contributed by atoms with Crippen LogP contribution in [0.1, 0.15) is 62.2 Å². The number of carbonyl (C=O) groups excluding carboxylic acids is 1. The fraction of sp³-hybridized carbons (Fsp3) is 0.471. The number of hydrogen-bond acceptors (Lipinski definition) is 2. The lowest BCUT2D eigenvalue weighted by molar-refractivity contribution is 0.0981. The molecule has 0 unspecified atom stereocenters. The van der Waals surface area contributed by atoms with Crippen LogP contribution in [0.5, 0.6) is 0 Å². The molecule has 2 aromatic rings. The fourth-order valence-electron chi connectivity index (χ4n) is 2.39.